The zero-order valence-electron chi connectivity index (χ0n) is 6.05. The summed E-state index contributed by atoms with van der Waals surface area (Å²) in [5.41, 5.74) is 0.194. The second-order valence-corrected chi connectivity index (χ2v) is 3.41. The topological polar surface area (TPSA) is 20.2 Å². The minimum Gasteiger partial charge on any atom is -0.381 e. The van der Waals surface area contributed by atoms with Crippen LogP contribution in [-0.4, -0.2) is 9.94 Å². The SMILES string of the molecule is O[C@@H](c1ccccc1)C(F)(F)Br. The number of aliphatic hydroxyl groups is 1. The number of hydrogen-bond donors (Lipinski definition) is 1. The van der Waals surface area contributed by atoms with Gasteiger partial charge in [0, 0.05) is 0 Å². The summed E-state index contributed by atoms with van der Waals surface area (Å²) in [6, 6.07) is 7.77. The van der Waals surface area contributed by atoms with E-state index in [0.29, 0.717) is 0 Å². The van der Waals surface area contributed by atoms with Gasteiger partial charge < -0.3 is 5.11 Å². The van der Waals surface area contributed by atoms with Crippen molar-refractivity contribution < 1.29 is 13.9 Å². The maximum Gasteiger partial charge on any atom is 0.330 e. The molecule has 0 bridgehead atoms. The van der Waals surface area contributed by atoms with Gasteiger partial charge >= 0.3 is 4.83 Å². The van der Waals surface area contributed by atoms with Crippen molar-refractivity contribution in [3.63, 3.8) is 0 Å². The van der Waals surface area contributed by atoms with E-state index in [4.69, 9.17) is 5.11 Å². The zero-order chi connectivity index (χ0) is 9.19. The predicted octanol–water partition coefficient (Wildman–Crippen LogP) is 2.71. The van der Waals surface area contributed by atoms with E-state index in [1.54, 1.807) is 18.2 Å². The van der Waals surface area contributed by atoms with Gasteiger partial charge in [0.25, 0.3) is 0 Å². The molecule has 1 aromatic rings. The largest absolute Gasteiger partial charge is 0.381 e. The van der Waals surface area contributed by atoms with Crippen LogP contribution in [-0.2, 0) is 0 Å². The van der Waals surface area contributed by atoms with Gasteiger partial charge in [0.15, 0.2) is 6.10 Å². The van der Waals surface area contributed by atoms with Crippen molar-refractivity contribution >= 4 is 15.9 Å². The lowest BCUT2D eigenvalue weighted by Crippen LogP contribution is -2.17. The Bertz CT molecular complexity index is 245. The van der Waals surface area contributed by atoms with Crippen LogP contribution in [0.2, 0.25) is 0 Å². The van der Waals surface area contributed by atoms with Crippen molar-refractivity contribution in [2.24, 2.45) is 0 Å². The maximum absolute atomic E-state index is 12.5. The second-order valence-electron chi connectivity index (χ2n) is 2.35. The smallest absolute Gasteiger partial charge is 0.330 e. The van der Waals surface area contributed by atoms with E-state index in [1.807, 2.05) is 0 Å². The molecular weight excluding hydrogens is 230 g/mol. The minimum absolute atomic E-state index is 0.194. The van der Waals surface area contributed by atoms with Crippen molar-refractivity contribution in [3.8, 4) is 0 Å². The third kappa shape index (κ3) is 2.25. The summed E-state index contributed by atoms with van der Waals surface area (Å²) >= 11 is 2.10. The molecule has 1 aromatic carbocycles. The highest BCUT2D eigenvalue weighted by Crippen LogP contribution is 2.36. The monoisotopic (exact) mass is 236 g/mol. The molecule has 0 heterocycles. The van der Waals surface area contributed by atoms with Crippen molar-refractivity contribution in [3.05, 3.63) is 35.9 Å². The summed E-state index contributed by atoms with van der Waals surface area (Å²) in [4.78, 5) is -3.27. The van der Waals surface area contributed by atoms with Crippen LogP contribution in [0.5, 0.6) is 0 Å². The Morgan fingerprint density at radius 3 is 2.17 bits per heavy atom. The van der Waals surface area contributed by atoms with Crippen LogP contribution in [0.25, 0.3) is 0 Å². The standard InChI is InChI=1S/C8H7BrF2O/c9-8(10,11)7(12)6-4-2-1-3-5-6/h1-5,7,12H/t7-/m0/s1. The van der Waals surface area contributed by atoms with E-state index in [9.17, 15) is 8.78 Å². The summed E-state index contributed by atoms with van der Waals surface area (Å²) in [5, 5.41) is 9.06. The minimum atomic E-state index is -3.27. The Balaban J connectivity index is 2.86. The Hall–Kier alpha value is -0.480. The fourth-order valence-corrected chi connectivity index (χ4v) is 1.09. The fourth-order valence-electron chi connectivity index (χ4n) is 0.824. The normalized spacial score (nSPS) is 14.3. The van der Waals surface area contributed by atoms with Gasteiger partial charge in [-0.3, -0.25) is 0 Å². The second kappa shape index (κ2) is 3.49. The Morgan fingerprint density at radius 2 is 1.75 bits per heavy atom. The van der Waals surface area contributed by atoms with Gasteiger partial charge in [0.1, 0.15) is 0 Å². The molecule has 66 valence electrons. The van der Waals surface area contributed by atoms with Gasteiger partial charge in [-0.2, -0.15) is 8.78 Å². The van der Waals surface area contributed by atoms with Crippen molar-refractivity contribution in [2.45, 2.75) is 10.9 Å². The van der Waals surface area contributed by atoms with Gasteiger partial charge in [0.2, 0.25) is 0 Å². The van der Waals surface area contributed by atoms with Crippen molar-refractivity contribution in [1.82, 2.24) is 0 Å². The van der Waals surface area contributed by atoms with Gasteiger partial charge in [-0.1, -0.05) is 30.3 Å². The molecule has 0 fully saturated rings. The summed E-state index contributed by atoms with van der Waals surface area (Å²) in [6.07, 6.45) is -1.79. The first-order valence-corrected chi connectivity index (χ1v) is 4.11. The molecule has 0 radical (unpaired) electrons. The quantitative estimate of drug-likeness (QED) is 0.784. The molecule has 0 aliphatic rings. The van der Waals surface area contributed by atoms with E-state index in [1.165, 1.54) is 12.1 Å². The van der Waals surface area contributed by atoms with Crippen molar-refractivity contribution in [1.29, 1.82) is 0 Å². The van der Waals surface area contributed by atoms with Crippen LogP contribution in [0, 0.1) is 0 Å². The summed E-state index contributed by atoms with van der Waals surface area (Å²) in [7, 11) is 0. The Morgan fingerprint density at radius 1 is 1.25 bits per heavy atom. The molecule has 0 spiro atoms. The molecule has 0 amide bonds. The van der Waals surface area contributed by atoms with Gasteiger partial charge in [-0.15, -0.1) is 0 Å². The summed E-state index contributed by atoms with van der Waals surface area (Å²) < 4.78 is 24.9. The third-order valence-corrected chi connectivity index (χ3v) is 1.86. The molecule has 1 N–H and O–H groups in total. The predicted molar refractivity (Wildman–Crippen MR) is 45.3 cm³/mol. The highest BCUT2D eigenvalue weighted by atomic mass is 79.9. The highest BCUT2D eigenvalue weighted by Gasteiger charge is 2.35. The van der Waals surface area contributed by atoms with Gasteiger partial charge in [0.05, 0.1) is 0 Å². The van der Waals surface area contributed by atoms with Crippen LogP contribution < -0.4 is 0 Å². The molecule has 0 aromatic heterocycles. The summed E-state index contributed by atoms with van der Waals surface area (Å²) in [6.45, 7) is 0. The van der Waals surface area contributed by atoms with E-state index >= 15 is 0 Å². The molecule has 0 aliphatic heterocycles. The van der Waals surface area contributed by atoms with Crippen LogP contribution in [0.15, 0.2) is 30.3 Å². The Labute approximate surface area is 77.2 Å². The number of alkyl halides is 3. The molecule has 1 rings (SSSR count). The van der Waals surface area contributed by atoms with Gasteiger partial charge in [-0.05, 0) is 21.5 Å². The van der Waals surface area contributed by atoms with E-state index in [0.717, 1.165) is 0 Å². The molecule has 1 nitrogen and oxygen atoms in total. The first kappa shape index (κ1) is 9.61. The fraction of sp³-hybridized carbons (Fsp3) is 0.250. The molecule has 0 saturated heterocycles. The molecule has 0 saturated carbocycles. The van der Waals surface area contributed by atoms with Crippen LogP contribution in [0.4, 0.5) is 8.78 Å². The van der Waals surface area contributed by atoms with Gasteiger partial charge in [-0.25, -0.2) is 0 Å². The van der Waals surface area contributed by atoms with Crippen LogP contribution >= 0.6 is 15.9 Å². The number of hydrogen-bond acceptors (Lipinski definition) is 1. The molecule has 1 atom stereocenters. The Kier molecular flexibility index (Phi) is 2.80. The first-order chi connectivity index (χ1) is 5.52. The number of rotatable bonds is 2. The first-order valence-electron chi connectivity index (χ1n) is 3.31. The van der Waals surface area contributed by atoms with E-state index < -0.39 is 10.9 Å². The average Bonchev–Trinajstić information content (AvgIpc) is 2.03. The molecular formula is C8H7BrF2O. The molecule has 12 heavy (non-hydrogen) atoms. The number of benzene rings is 1. The molecule has 4 heteroatoms. The molecule has 0 aliphatic carbocycles. The van der Waals surface area contributed by atoms with E-state index in [2.05, 4.69) is 15.9 Å². The summed E-state index contributed by atoms with van der Waals surface area (Å²) in [5.74, 6) is 0. The lowest BCUT2D eigenvalue weighted by Gasteiger charge is -2.16. The van der Waals surface area contributed by atoms with E-state index in [-0.39, 0.29) is 5.56 Å². The van der Waals surface area contributed by atoms with Crippen LogP contribution in [0.1, 0.15) is 11.7 Å². The lowest BCUT2D eigenvalue weighted by molar-refractivity contribution is -0.0294. The number of halogens is 3. The third-order valence-electron chi connectivity index (χ3n) is 1.43. The van der Waals surface area contributed by atoms with Crippen LogP contribution in [0.3, 0.4) is 0 Å². The molecule has 0 unspecified atom stereocenters. The highest BCUT2D eigenvalue weighted by molar-refractivity contribution is 9.10. The maximum atomic E-state index is 12.5. The lowest BCUT2D eigenvalue weighted by atomic mass is 10.1. The average molecular weight is 237 g/mol. The number of aliphatic hydroxyl groups excluding tert-OH is 1. The van der Waals surface area contributed by atoms with Crippen molar-refractivity contribution in [2.75, 3.05) is 0 Å². The zero-order valence-corrected chi connectivity index (χ0v) is 7.63.